The highest BCUT2D eigenvalue weighted by molar-refractivity contribution is 5.94. The first-order chi connectivity index (χ1) is 17.5. The largest absolute Gasteiger partial charge is 0.458 e. The maximum absolute atomic E-state index is 13.1. The van der Waals surface area contributed by atoms with Crippen LogP contribution in [0.2, 0.25) is 0 Å². The topological polar surface area (TPSA) is 142 Å². The molecule has 200 valence electrons. The van der Waals surface area contributed by atoms with Gasteiger partial charge in [-0.05, 0) is 44.6 Å². The van der Waals surface area contributed by atoms with Gasteiger partial charge in [-0.25, -0.2) is 14.4 Å². The standard InChI is InChI=1S/C27H32O10/c1-15-6-7-21(35-19(5)30)17(3)13-23-24(18(4)26(32)36-23)22(12-15)37-27(33)20(9-11-29)14-34-25(31)16(2)8-10-28/h6,8-10,13,21-24,29H,4,7,11-12,14H2,1-3,5H3. The number of allylic oxidation sites excluding steroid dienone is 1. The second-order valence-electron chi connectivity index (χ2n) is 8.84. The first-order valence-corrected chi connectivity index (χ1v) is 11.7. The summed E-state index contributed by atoms with van der Waals surface area (Å²) in [4.78, 5) is 59.6. The lowest BCUT2D eigenvalue weighted by Gasteiger charge is -2.28. The van der Waals surface area contributed by atoms with E-state index in [0.717, 1.165) is 17.7 Å². The van der Waals surface area contributed by atoms with E-state index in [1.165, 1.54) is 13.8 Å². The van der Waals surface area contributed by atoms with Gasteiger partial charge in [0.15, 0.2) is 0 Å². The number of ether oxygens (including phenoxy) is 4. The molecule has 1 N–H and O–H groups in total. The summed E-state index contributed by atoms with van der Waals surface area (Å²) >= 11 is 0. The summed E-state index contributed by atoms with van der Waals surface area (Å²) in [6.45, 7) is 9.08. The van der Waals surface area contributed by atoms with E-state index in [-0.39, 0.29) is 23.1 Å². The van der Waals surface area contributed by atoms with Gasteiger partial charge < -0.3 is 24.1 Å². The molecule has 2 rings (SSSR count). The van der Waals surface area contributed by atoms with Gasteiger partial charge in [0.2, 0.25) is 0 Å². The van der Waals surface area contributed by atoms with E-state index in [1.807, 2.05) is 13.0 Å². The molecule has 4 unspecified atom stereocenters. The first-order valence-electron chi connectivity index (χ1n) is 11.7. The molecule has 0 spiro atoms. The highest BCUT2D eigenvalue weighted by Gasteiger charge is 2.45. The van der Waals surface area contributed by atoms with Gasteiger partial charge in [-0.2, -0.15) is 0 Å². The maximum atomic E-state index is 13.1. The molecular weight excluding hydrogens is 484 g/mol. The van der Waals surface area contributed by atoms with E-state index in [9.17, 15) is 29.1 Å². The zero-order chi connectivity index (χ0) is 27.7. The fourth-order valence-corrected chi connectivity index (χ4v) is 3.98. The molecule has 10 nitrogen and oxygen atoms in total. The number of rotatable bonds is 8. The van der Waals surface area contributed by atoms with Crippen molar-refractivity contribution in [1.82, 2.24) is 0 Å². The second kappa shape index (κ2) is 13.5. The van der Waals surface area contributed by atoms with Crippen LogP contribution in [0.5, 0.6) is 0 Å². The molecule has 0 aromatic heterocycles. The summed E-state index contributed by atoms with van der Waals surface area (Å²) in [6, 6.07) is 0. The quantitative estimate of drug-likeness (QED) is 0.168. The van der Waals surface area contributed by atoms with E-state index in [0.29, 0.717) is 18.3 Å². The minimum absolute atomic E-state index is 0.0368. The number of hydrogen-bond acceptors (Lipinski definition) is 10. The Morgan fingerprint density at radius 1 is 1.19 bits per heavy atom. The van der Waals surface area contributed by atoms with Crippen molar-refractivity contribution >= 4 is 30.2 Å². The zero-order valence-electron chi connectivity index (χ0n) is 21.4. The van der Waals surface area contributed by atoms with Crippen LogP contribution in [0.25, 0.3) is 0 Å². The molecular formula is C27H32O10. The number of carbonyl (C=O) groups is 5. The van der Waals surface area contributed by atoms with Gasteiger partial charge in [0.25, 0.3) is 0 Å². The molecule has 1 heterocycles. The Bertz CT molecular complexity index is 1070. The third kappa shape index (κ3) is 8.11. The Kier molecular flexibility index (Phi) is 10.7. The van der Waals surface area contributed by atoms with Crippen LogP contribution in [0.15, 0.2) is 58.7 Å². The van der Waals surface area contributed by atoms with E-state index in [1.54, 1.807) is 13.0 Å². The van der Waals surface area contributed by atoms with Gasteiger partial charge in [0.05, 0.1) is 18.1 Å². The number of carbonyl (C=O) groups excluding carboxylic acids is 5. The summed E-state index contributed by atoms with van der Waals surface area (Å²) in [6.07, 6.45) is 4.48. The molecule has 1 saturated heterocycles. The average Bonchev–Trinajstić information content (AvgIpc) is 3.10. The average molecular weight is 517 g/mol. The Labute approximate surface area is 215 Å². The van der Waals surface area contributed by atoms with Crippen LogP contribution in [0, 0.1) is 5.92 Å². The van der Waals surface area contributed by atoms with E-state index in [4.69, 9.17) is 18.9 Å². The molecule has 1 fully saturated rings. The maximum Gasteiger partial charge on any atom is 0.337 e. The SMILES string of the molecule is C=C1C(=O)OC2C=C(C)C(OC(C)=O)CC=C(C)CC(OC(=O)C(=CCO)COC(=O)C(C)=CC=O)C12. The van der Waals surface area contributed by atoms with Crippen molar-refractivity contribution in [2.45, 2.75) is 58.8 Å². The van der Waals surface area contributed by atoms with Crippen molar-refractivity contribution in [3.63, 3.8) is 0 Å². The lowest BCUT2D eigenvalue weighted by molar-refractivity contribution is -0.149. The van der Waals surface area contributed by atoms with Crippen molar-refractivity contribution in [3.8, 4) is 0 Å². The molecule has 0 bridgehead atoms. The van der Waals surface area contributed by atoms with Crippen molar-refractivity contribution in [1.29, 1.82) is 0 Å². The number of esters is 4. The van der Waals surface area contributed by atoms with Crippen LogP contribution in [-0.4, -0.2) is 66.8 Å². The summed E-state index contributed by atoms with van der Waals surface area (Å²) < 4.78 is 21.7. The van der Waals surface area contributed by atoms with Crippen LogP contribution in [0.4, 0.5) is 0 Å². The third-order valence-electron chi connectivity index (χ3n) is 5.97. The third-order valence-corrected chi connectivity index (χ3v) is 5.97. The van der Waals surface area contributed by atoms with E-state index in [2.05, 4.69) is 6.58 Å². The van der Waals surface area contributed by atoms with Crippen LogP contribution < -0.4 is 0 Å². The lowest BCUT2D eigenvalue weighted by Crippen LogP contribution is -2.35. The van der Waals surface area contributed by atoms with Crippen LogP contribution >= 0.6 is 0 Å². The molecule has 0 aromatic carbocycles. The predicted octanol–water partition coefficient (Wildman–Crippen LogP) is 2.22. The molecule has 0 radical (unpaired) electrons. The summed E-state index contributed by atoms with van der Waals surface area (Å²) in [5.41, 5.74) is 1.51. The van der Waals surface area contributed by atoms with Crippen molar-refractivity contribution < 1.29 is 48.0 Å². The smallest absolute Gasteiger partial charge is 0.337 e. The van der Waals surface area contributed by atoms with E-state index >= 15 is 0 Å². The summed E-state index contributed by atoms with van der Waals surface area (Å²) in [5.74, 6) is -3.49. The van der Waals surface area contributed by atoms with Gasteiger partial charge in [0.1, 0.15) is 31.2 Å². The second-order valence-corrected chi connectivity index (χ2v) is 8.84. The fraction of sp³-hybridized carbons (Fsp3) is 0.444. The monoisotopic (exact) mass is 516 g/mol. The minimum Gasteiger partial charge on any atom is -0.458 e. The summed E-state index contributed by atoms with van der Waals surface area (Å²) in [5, 5.41) is 9.37. The van der Waals surface area contributed by atoms with Crippen molar-refractivity contribution in [3.05, 3.63) is 58.7 Å². The zero-order valence-corrected chi connectivity index (χ0v) is 21.4. The number of aldehydes is 1. The molecule has 4 atom stereocenters. The first kappa shape index (κ1) is 29.4. The molecule has 0 amide bonds. The number of aliphatic hydroxyl groups is 1. The van der Waals surface area contributed by atoms with Crippen LogP contribution in [0.3, 0.4) is 0 Å². The van der Waals surface area contributed by atoms with E-state index < -0.39 is 61.3 Å². The Morgan fingerprint density at radius 2 is 1.89 bits per heavy atom. The predicted molar refractivity (Wildman–Crippen MR) is 131 cm³/mol. The highest BCUT2D eigenvalue weighted by atomic mass is 16.6. The lowest BCUT2D eigenvalue weighted by atomic mass is 9.85. The van der Waals surface area contributed by atoms with Crippen LogP contribution in [0.1, 0.15) is 40.5 Å². The van der Waals surface area contributed by atoms with Gasteiger partial charge in [0, 0.05) is 30.9 Å². The molecule has 10 heteroatoms. The Balaban J connectivity index is 2.34. The Morgan fingerprint density at radius 3 is 2.51 bits per heavy atom. The Hall–Kier alpha value is -3.79. The fourth-order valence-electron chi connectivity index (χ4n) is 3.98. The molecule has 0 aromatic rings. The van der Waals surface area contributed by atoms with Gasteiger partial charge in [-0.15, -0.1) is 0 Å². The highest BCUT2D eigenvalue weighted by Crippen LogP contribution is 2.36. The molecule has 0 saturated carbocycles. The van der Waals surface area contributed by atoms with Gasteiger partial charge >= 0.3 is 23.9 Å². The number of fused-ring (bicyclic) bond motifs is 1. The number of hydrogen-bond donors (Lipinski definition) is 1. The molecule has 37 heavy (non-hydrogen) atoms. The summed E-state index contributed by atoms with van der Waals surface area (Å²) in [7, 11) is 0. The van der Waals surface area contributed by atoms with Gasteiger partial charge in [-0.3, -0.25) is 9.59 Å². The normalized spacial score (nSPS) is 24.7. The number of aliphatic hydroxyl groups excluding tert-OH is 1. The molecule has 1 aliphatic heterocycles. The minimum atomic E-state index is -0.878. The van der Waals surface area contributed by atoms with Crippen molar-refractivity contribution in [2.24, 2.45) is 5.92 Å². The molecule has 1 aliphatic carbocycles. The van der Waals surface area contributed by atoms with Crippen LogP contribution in [-0.2, 0) is 42.9 Å². The molecule has 2 aliphatic rings. The van der Waals surface area contributed by atoms with Gasteiger partial charge in [-0.1, -0.05) is 18.2 Å². The van der Waals surface area contributed by atoms with Crippen molar-refractivity contribution in [2.75, 3.05) is 13.2 Å².